The monoisotopic (exact) mass is 409 g/mol. The number of rotatable bonds is 9. The molecule has 2 aromatic rings. The minimum Gasteiger partial charge on any atom is -0.496 e. The average Bonchev–Trinajstić information content (AvgIpc) is 2.77. The maximum absolute atomic E-state index is 12.5. The van der Waals surface area contributed by atoms with E-state index in [1.807, 2.05) is 25.1 Å². The molecule has 2 aromatic carbocycles. The second-order valence-corrected chi connectivity index (χ2v) is 6.33. The van der Waals surface area contributed by atoms with E-state index in [9.17, 15) is 14.4 Å². The van der Waals surface area contributed by atoms with Gasteiger partial charge < -0.3 is 19.7 Å². The number of ether oxygens (including phenoxy) is 2. The van der Waals surface area contributed by atoms with Crippen LogP contribution in [0.25, 0.3) is 0 Å². The smallest absolute Gasteiger partial charge is 0.325 e. The van der Waals surface area contributed by atoms with Crippen LogP contribution in [0.2, 0.25) is 0 Å². The first-order valence-corrected chi connectivity index (χ1v) is 9.27. The third-order valence-corrected chi connectivity index (χ3v) is 4.20. The number of nitrogens with one attached hydrogen (secondary N) is 1. The van der Waals surface area contributed by atoms with E-state index in [1.54, 1.807) is 36.4 Å². The molecule has 8 heteroatoms. The fourth-order valence-electron chi connectivity index (χ4n) is 2.64. The van der Waals surface area contributed by atoms with Crippen LogP contribution in [0.4, 0.5) is 5.69 Å². The quantitative estimate of drug-likeness (QED) is 0.636. The lowest BCUT2D eigenvalue weighted by atomic mass is 10.2. The maximum Gasteiger partial charge on any atom is 0.325 e. The zero-order valence-corrected chi connectivity index (χ0v) is 16.9. The minimum atomic E-state index is -0.754. The van der Waals surface area contributed by atoms with Crippen molar-refractivity contribution < 1.29 is 23.9 Å². The van der Waals surface area contributed by atoms with Gasteiger partial charge in [0.25, 0.3) is 11.8 Å². The molecule has 30 heavy (non-hydrogen) atoms. The van der Waals surface area contributed by atoms with Crippen molar-refractivity contribution >= 4 is 23.5 Å². The normalized spacial score (nSPS) is 9.90. The number of esters is 1. The largest absolute Gasteiger partial charge is 0.496 e. The molecule has 8 nitrogen and oxygen atoms in total. The SMILES string of the molecule is COc1ccccc1C(=O)NCC(=O)OCC(=O)N(CCC#N)c1ccc(C)cc1. The van der Waals surface area contributed by atoms with Crippen LogP contribution in [-0.2, 0) is 14.3 Å². The predicted molar refractivity (Wildman–Crippen MR) is 110 cm³/mol. The summed E-state index contributed by atoms with van der Waals surface area (Å²) in [6.45, 7) is 1.21. The summed E-state index contributed by atoms with van der Waals surface area (Å²) in [6, 6.07) is 15.8. The number of carbonyl (C=O) groups is 3. The molecule has 2 amide bonds. The molecule has 0 radical (unpaired) electrons. The van der Waals surface area contributed by atoms with Crippen LogP contribution in [0, 0.1) is 18.3 Å². The third kappa shape index (κ3) is 6.34. The average molecular weight is 409 g/mol. The molecule has 0 spiro atoms. The number of para-hydroxylation sites is 1. The fraction of sp³-hybridized carbons (Fsp3) is 0.273. The van der Waals surface area contributed by atoms with Gasteiger partial charge in [0.2, 0.25) is 0 Å². The van der Waals surface area contributed by atoms with Crippen molar-refractivity contribution in [3.05, 3.63) is 59.7 Å². The lowest BCUT2D eigenvalue weighted by molar-refractivity contribution is -0.146. The number of nitrogens with zero attached hydrogens (tertiary/aromatic N) is 2. The van der Waals surface area contributed by atoms with E-state index in [4.69, 9.17) is 14.7 Å². The Kier molecular flexibility index (Phi) is 8.39. The van der Waals surface area contributed by atoms with Gasteiger partial charge in [-0.15, -0.1) is 0 Å². The Labute approximate surface area is 175 Å². The number of nitriles is 1. The lowest BCUT2D eigenvalue weighted by Gasteiger charge is -2.21. The first-order chi connectivity index (χ1) is 14.5. The number of carbonyl (C=O) groups excluding carboxylic acids is 3. The predicted octanol–water partition coefficient (Wildman–Crippen LogP) is 2.22. The lowest BCUT2D eigenvalue weighted by Crippen LogP contribution is -2.37. The zero-order valence-electron chi connectivity index (χ0n) is 16.9. The fourth-order valence-corrected chi connectivity index (χ4v) is 2.64. The van der Waals surface area contributed by atoms with E-state index >= 15 is 0 Å². The standard InChI is InChI=1S/C22H23N3O5/c1-16-8-10-17(11-9-16)25(13-5-12-23)20(26)15-30-21(27)14-24-22(28)18-6-3-4-7-19(18)29-2/h3-4,6-11H,5,13-15H2,1-2H3,(H,24,28). The van der Waals surface area contributed by atoms with Gasteiger partial charge in [0.15, 0.2) is 6.61 Å². The molecule has 1 N–H and O–H groups in total. The number of anilines is 1. The van der Waals surface area contributed by atoms with Crippen molar-refractivity contribution in [3.63, 3.8) is 0 Å². The molecular weight excluding hydrogens is 386 g/mol. The molecule has 0 aliphatic heterocycles. The Morgan fingerprint density at radius 2 is 1.80 bits per heavy atom. The molecule has 0 fully saturated rings. The van der Waals surface area contributed by atoms with Crippen molar-refractivity contribution in [3.8, 4) is 11.8 Å². The van der Waals surface area contributed by atoms with Crippen LogP contribution in [0.15, 0.2) is 48.5 Å². The van der Waals surface area contributed by atoms with E-state index < -0.39 is 30.9 Å². The number of hydrogen-bond acceptors (Lipinski definition) is 6. The summed E-state index contributed by atoms with van der Waals surface area (Å²) in [7, 11) is 1.44. The van der Waals surface area contributed by atoms with Crippen LogP contribution in [0.5, 0.6) is 5.75 Å². The third-order valence-electron chi connectivity index (χ3n) is 4.20. The summed E-state index contributed by atoms with van der Waals surface area (Å²) in [6.07, 6.45) is 0.141. The Morgan fingerprint density at radius 3 is 2.47 bits per heavy atom. The molecule has 0 bridgehead atoms. The molecule has 0 aromatic heterocycles. The second-order valence-electron chi connectivity index (χ2n) is 6.33. The molecule has 0 atom stereocenters. The van der Waals surface area contributed by atoms with Crippen molar-refractivity contribution in [2.45, 2.75) is 13.3 Å². The van der Waals surface area contributed by atoms with Gasteiger partial charge >= 0.3 is 5.97 Å². The Bertz CT molecular complexity index is 935. The van der Waals surface area contributed by atoms with Crippen LogP contribution in [0.3, 0.4) is 0 Å². The molecule has 0 aliphatic carbocycles. The highest BCUT2D eigenvalue weighted by molar-refractivity contribution is 5.99. The van der Waals surface area contributed by atoms with Crippen LogP contribution < -0.4 is 15.0 Å². The summed E-state index contributed by atoms with van der Waals surface area (Å²) < 4.78 is 10.1. The second kappa shape index (κ2) is 11.2. The number of aryl methyl sites for hydroxylation is 1. The van der Waals surface area contributed by atoms with Gasteiger partial charge in [-0.1, -0.05) is 29.8 Å². The van der Waals surface area contributed by atoms with Crippen LogP contribution in [0.1, 0.15) is 22.3 Å². The molecular formula is C22H23N3O5. The molecule has 156 valence electrons. The number of amides is 2. The zero-order chi connectivity index (χ0) is 21.9. The van der Waals surface area contributed by atoms with E-state index in [1.165, 1.54) is 12.0 Å². The van der Waals surface area contributed by atoms with Crippen molar-refractivity contribution in [1.82, 2.24) is 5.32 Å². The van der Waals surface area contributed by atoms with Gasteiger partial charge in [-0.25, -0.2) is 0 Å². The summed E-state index contributed by atoms with van der Waals surface area (Å²) >= 11 is 0. The number of hydrogen-bond donors (Lipinski definition) is 1. The van der Waals surface area contributed by atoms with Crippen molar-refractivity contribution in [1.29, 1.82) is 5.26 Å². The number of benzene rings is 2. The van der Waals surface area contributed by atoms with Crippen LogP contribution in [-0.4, -0.2) is 44.6 Å². The van der Waals surface area contributed by atoms with Crippen LogP contribution >= 0.6 is 0 Å². The molecule has 0 saturated heterocycles. The molecule has 0 aliphatic rings. The van der Waals surface area contributed by atoms with E-state index in [0.717, 1.165) is 5.56 Å². The highest BCUT2D eigenvalue weighted by Gasteiger charge is 2.18. The summed E-state index contributed by atoms with van der Waals surface area (Å²) in [5.41, 5.74) is 1.93. The first kappa shape index (κ1) is 22.4. The first-order valence-electron chi connectivity index (χ1n) is 9.27. The maximum atomic E-state index is 12.5. The highest BCUT2D eigenvalue weighted by atomic mass is 16.5. The summed E-state index contributed by atoms with van der Waals surface area (Å²) in [5.74, 6) is -1.33. The van der Waals surface area contributed by atoms with Gasteiger partial charge in [-0.3, -0.25) is 14.4 Å². The van der Waals surface area contributed by atoms with Gasteiger partial charge in [0.1, 0.15) is 12.3 Å². The van der Waals surface area contributed by atoms with Gasteiger partial charge in [-0.05, 0) is 31.2 Å². The van der Waals surface area contributed by atoms with E-state index in [-0.39, 0.29) is 18.5 Å². The van der Waals surface area contributed by atoms with Crippen molar-refractivity contribution in [2.24, 2.45) is 0 Å². The topological polar surface area (TPSA) is 109 Å². The highest BCUT2D eigenvalue weighted by Crippen LogP contribution is 2.17. The van der Waals surface area contributed by atoms with Gasteiger partial charge in [0, 0.05) is 12.2 Å². The Balaban J connectivity index is 1.90. The Morgan fingerprint density at radius 1 is 1.10 bits per heavy atom. The minimum absolute atomic E-state index is 0.141. The van der Waals surface area contributed by atoms with Gasteiger partial charge in [0.05, 0.1) is 25.2 Å². The molecule has 2 rings (SSSR count). The molecule has 0 saturated carbocycles. The van der Waals surface area contributed by atoms with Gasteiger partial charge in [-0.2, -0.15) is 5.26 Å². The summed E-state index contributed by atoms with van der Waals surface area (Å²) in [5, 5.41) is 11.3. The Hall–Kier alpha value is -3.86. The molecule has 0 heterocycles. The molecule has 0 unspecified atom stereocenters. The number of methoxy groups -OCH3 is 1. The van der Waals surface area contributed by atoms with E-state index in [0.29, 0.717) is 11.4 Å². The summed E-state index contributed by atoms with van der Waals surface area (Å²) in [4.78, 5) is 38.1. The van der Waals surface area contributed by atoms with E-state index in [2.05, 4.69) is 5.32 Å². The van der Waals surface area contributed by atoms with Crippen molar-refractivity contribution in [2.75, 3.05) is 31.7 Å².